The first-order valence-corrected chi connectivity index (χ1v) is 11.0. The molecule has 1 aliphatic heterocycles. The molecule has 2 aromatic carbocycles. The van der Waals surface area contributed by atoms with E-state index in [4.69, 9.17) is 9.26 Å². The van der Waals surface area contributed by atoms with Crippen LogP contribution in [0.2, 0.25) is 0 Å². The Morgan fingerprint density at radius 1 is 1.03 bits per heavy atom. The van der Waals surface area contributed by atoms with Crippen molar-refractivity contribution < 1.29 is 18.8 Å². The smallest absolute Gasteiger partial charge is 0.174 e. The molecule has 5 rings (SSSR count). The van der Waals surface area contributed by atoms with Gasteiger partial charge in [-0.3, -0.25) is 4.90 Å². The Morgan fingerprint density at radius 2 is 1.85 bits per heavy atom. The van der Waals surface area contributed by atoms with E-state index in [0.717, 1.165) is 42.9 Å². The van der Waals surface area contributed by atoms with Crippen LogP contribution in [-0.4, -0.2) is 65.6 Å². The first-order chi connectivity index (χ1) is 16.2. The van der Waals surface area contributed by atoms with Gasteiger partial charge in [0, 0.05) is 55.9 Å². The minimum atomic E-state index is -0.584. The summed E-state index contributed by atoms with van der Waals surface area (Å²) in [6.45, 7) is 4.29. The number of nitrogens with zero attached hydrogens (tertiary/aromatic N) is 4. The van der Waals surface area contributed by atoms with E-state index in [1.165, 1.54) is 12.1 Å². The number of hydrogen-bond acceptors (Lipinski definition) is 7. The maximum atomic E-state index is 13.4. The molecule has 0 aliphatic carbocycles. The van der Waals surface area contributed by atoms with Crippen LogP contribution in [0.25, 0.3) is 22.2 Å². The molecule has 0 spiro atoms. The largest absolute Gasteiger partial charge is 0.491 e. The van der Waals surface area contributed by atoms with Crippen molar-refractivity contribution in [2.24, 2.45) is 0 Å². The van der Waals surface area contributed by atoms with Crippen molar-refractivity contribution in [1.29, 1.82) is 0 Å². The van der Waals surface area contributed by atoms with Gasteiger partial charge in [-0.05, 0) is 48.5 Å². The molecule has 7 nitrogen and oxygen atoms in total. The van der Waals surface area contributed by atoms with Crippen LogP contribution in [-0.2, 0) is 0 Å². The number of aliphatic hydroxyl groups excluding tert-OH is 1. The van der Waals surface area contributed by atoms with Crippen LogP contribution in [0.3, 0.4) is 0 Å². The summed E-state index contributed by atoms with van der Waals surface area (Å²) < 4.78 is 24.5. The molecule has 0 unspecified atom stereocenters. The average molecular weight is 448 g/mol. The minimum absolute atomic E-state index is 0.213. The summed E-state index contributed by atoms with van der Waals surface area (Å²) in [6.07, 6.45) is 1.23. The maximum absolute atomic E-state index is 13.4. The van der Waals surface area contributed by atoms with Gasteiger partial charge in [0.15, 0.2) is 5.76 Å². The van der Waals surface area contributed by atoms with Gasteiger partial charge in [-0.15, -0.1) is 0 Å². The Hall–Kier alpha value is -3.49. The first kappa shape index (κ1) is 21.4. The zero-order valence-electron chi connectivity index (χ0n) is 18.1. The van der Waals surface area contributed by atoms with Gasteiger partial charge in [0.25, 0.3) is 0 Å². The Balaban J connectivity index is 1.11. The van der Waals surface area contributed by atoms with E-state index in [9.17, 15) is 9.50 Å². The minimum Gasteiger partial charge on any atom is -0.491 e. The summed E-state index contributed by atoms with van der Waals surface area (Å²) in [7, 11) is 0. The molecule has 0 saturated carbocycles. The van der Waals surface area contributed by atoms with Crippen molar-refractivity contribution in [2.75, 3.05) is 44.2 Å². The third-order valence-corrected chi connectivity index (χ3v) is 5.81. The number of pyridine rings is 1. The lowest BCUT2D eigenvalue weighted by Gasteiger charge is -2.36. The van der Waals surface area contributed by atoms with Crippen LogP contribution in [0.15, 0.2) is 71.4 Å². The van der Waals surface area contributed by atoms with Gasteiger partial charge in [-0.2, -0.15) is 0 Å². The highest BCUT2D eigenvalue weighted by Crippen LogP contribution is 2.30. The Morgan fingerprint density at radius 3 is 2.61 bits per heavy atom. The van der Waals surface area contributed by atoms with Crippen molar-refractivity contribution in [3.63, 3.8) is 0 Å². The third-order valence-electron chi connectivity index (χ3n) is 5.81. The number of benzene rings is 2. The number of hydrogen-bond donors (Lipinski definition) is 1. The highest BCUT2D eigenvalue weighted by molar-refractivity contribution is 5.91. The predicted octanol–water partition coefficient (Wildman–Crippen LogP) is 3.59. The number of ether oxygens (including phenoxy) is 1. The second kappa shape index (κ2) is 9.56. The zero-order valence-corrected chi connectivity index (χ0v) is 18.1. The zero-order chi connectivity index (χ0) is 22.6. The monoisotopic (exact) mass is 448 g/mol. The van der Waals surface area contributed by atoms with Gasteiger partial charge in [0.2, 0.25) is 0 Å². The molecule has 0 bridgehead atoms. The SMILES string of the molecule is O[C@@H](COc1ccc(-c2onc3cc(F)ccc23)cc1)CN1CCN(c2ccccn2)CC1. The van der Waals surface area contributed by atoms with Crippen LogP contribution < -0.4 is 9.64 Å². The first-order valence-electron chi connectivity index (χ1n) is 11.0. The fourth-order valence-electron chi connectivity index (χ4n) is 4.07. The average Bonchev–Trinajstić information content (AvgIpc) is 3.27. The summed E-state index contributed by atoms with van der Waals surface area (Å²) in [5.74, 6) is 1.89. The van der Waals surface area contributed by atoms with Crippen molar-refractivity contribution >= 4 is 16.7 Å². The third kappa shape index (κ3) is 4.97. The van der Waals surface area contributed by atoms with E-state index in [0.29, 0.717) is 23.6 Å². The van der Waals surface area contributed by atoms with Gasteiger partial charge in [0.1, 0.15) is 35.6 Å². The van der Waals surface area contributed by atoms with E-state index in [-0.39, 0.29) is 12.4 Å². The summed E-state index contributed by atoms with van der Waals surface area (Å²) >= 11 is 0. The molecule has 1 fully saturated rings. The number of aromatic nitrogens is 2. The molecule has 0 amide bonds. The summed E-state index contributed by atoms with van der Waals surface area (Å²) in [6, 6.07) is 17.7. The fourth-order valence-corrected chi connectivity index (χ4v) is 4.07. The van der Waals surface area contributed by atoms with Crippen molar-refractivity contribution in [3.05, 3.63) is 72.7 Å². The highest BCUT2D eigenvalue weighted by atomic mass is 19.1. The fraction of sp³-hybridized carbons (Fsp3) is 0.280. The Bertz CT molecular complexity index is 1190. The number of β-amino-alcohol motifs (C(OH)–C–C–N with tert-alkyl or cyclic N) is 1. The van der Waals surface area contributed by atoms with Gasteiger partial charge in [-0.25, -0.2) is 9.37 Å². The molecule has 2 aromatic heterocycles. The molecule has 33 heavy (non-hydrogen) atoms. The predicted molar refractivity (Wildman–Crippen MR) is 124 cm³/mol. The molecule has 1 atom stereocenters. The number of anilines is 1. The van der Waals surface area contributed by atoms with Crippen molar-refractivity contribution in [3.8, 4) is 17.1 Å². The summed E-state index contributed by atoms with van der Waals surface area (Å²) in [5, 5.41) is 15.1. The van der Waals surface area contributed by atoms with Crippen LogP contribution >= 0.6 is 0 Å². The van der Waals surface area contributed by atoms with E-state index in [2.05, 4.69) is 19.9 Å². The number of aliphatic hydroxyl groups is 1. The van der Waals surface area contributed by atoms with Crippen molar-refractivity contribution in [1.82, 2.24) is 15.0 Å². The van der Waals surface area contributed by atoms with Gasteiger partial charge < -0.3 is 19.3 Å². The molecule has 0 radical (unpaired) electrons. The van der Waals surface area contributed by atoms with E-state index in [1.54, 1.807) is 6.07 Å². The molecule has 1 N–H and O–H groups in total. The molecular formula is C25H25FN4O3. The quantitative estimate of drug-likeness (QED) is 0.463. The van der Waals surface area contributed by atoms with Crippen LogP contribution in [0.4, 0.5) is 10.2 Å². The molecule has 4 aromatic rings. The highest BCUT2D eigenvalue weighted by Gasteiger charge is 2.20. The molecule has 1 aliphatic rings. The van der Waals surface area contributed by atoms with Crippen LogP contribution in [0, 0.1) is 5.82 Å². The van der Waals surface area contributed by atoms with Gasteiger partial charge >= 0.3 is 0 Å². The lowest BCUT2D eigenvalue weighted by molar-refractivity contribution is 0.0662. The lowest BCUT2D eigenvalue weighted by atomic mass is 10.1. The van der Waals surface area contributed by atoms with Crippen molar-refractivity contribution in [2.45, 2.75) is 6.10 Å². The lowest BCUT2D eigenvalue weighted by Crippen LogP contribution is -2.49. The van der Waals surface area contributed by atoms with Crippen LogP contribution in [0.1, 0.15) is 0 Å². The second-order valence-electron chi connectivity index (χ2n) is 8.14. The number of halogens is 1. The van der Waals surface area contributed by atoms with E-state index < -0.39 is 6.10 Å². The second-order valence-corrected chi connectivity index (χ2v) is 8.14. The Kier molecular flexibility index (Phi) is 6.19. The number of piperazine rings is 1. The normalized spacial score (nSPS) is 15.6. The van der Waals surface area contributed by atoms with Crippen LogP contribution in [0.5, 0.6) is 5.75 Å². The number of fused-ring (bicyclic) bond motifs is 1. The van der Waals surface area contributed by atoms with E-state index in [1.807, 2.05) is 48.7 Å². The molecule has 170 valence electrons. The topological polar surface area (TPSA) is 74.9 Å². The van der Waals surface area contributed by atoms with Gasteiger partial charge in [-0.1, -0.05) is 11.2 Å². The molecule has 3 heterocycles. The summed E-state index contributed by atoms with van der Waals surface area (Å²) in [4.78, 5) is 8.91. The number of rotatable bonds is 7. The maximum Gasteiger partial charge on any atom is 0.174 e. The molecule has 1 saturated heterocycles. The van der Waals surface area contributed by atoms with E-state index >= 15 is 0 Å². The standard InChI is InChI=1S/C25H25FN4O3/c26-19-6-9-22-23(15-19)28-33-25(22)18-4-7-21(8-5-18)32-17-20(31)16-29-11-13-30(14-12-29)24-3-1-2-10-27-24/h1-10,15,20,31H,11-14,16-17H2/t20-/m1/s1. The Labute approximate surface area is 191 Å². The molecular weight excluding hydrogens is 423 g/mol. The summed E-state index contributed by atoms with van der Waals surface area (Å²) in [5.41, 5.74) is 1.30. The molecule has 8 heteroatoms. The van der Waals surface area contributed by atoms with Gasteiger partial charge in [0.05, 0.1) is 0 Å².